The molecule has 0 bridgehead atoms. The fourth-order valence-electron chi connectivity index (χ4n) is 10.0. The van der Waals surface area contributed by atoms with Crippen molar-refractivity contribution in [2.24, 2.45) is 0 Å². The van der Waals surface area contributed by atoms with E-state index < -0.39 is 0 Å². The maximum absolute atomic E-state index is 7.00. The predicted molar refractivity (Wildman–Crippen MR) is 257 cm³/mol. The van der Waals surface area contributed by atoms with Gasteiger partial charge in [-0.15, -0.1) is 0 Å². The lowest BCUT2D eigenvalue weighted by Crippen LogP contribution is -2.16. The summed E-state index contributed by atoms with van der Waals surface area (Å²) in [5, 5.41) is 6.91. The maximum atomic E-state index is 7.00. The fraction of sp³-hybridized carbons (Fsp3) is 0.0508. The monoisotopic (exact) mass is 779 g/mol. The number of furan rings is 1. The zero-order valence-electron chi connectivity index (χ0n) is 34.1. The molecule has 0 atom stereocenters. The van der Waals surface area contributed by atoms with Gasteiger partial charge in [0.25, 0.3) is 0 Å². The van der Waals surface area contributed by atoms with Crippen molar-refractivity contribution in [1.82, 2.24) is 0 Å². The van der Waals surface area contributed by atoms with E-state index in [4.69, 9.17) is 4.42 Å². The van der Waals surface area contributed by atoms with Crippen molar-refractivity contribution in [3.05, 3.63) is 223 Å². The van der Waals surface area contributed by atoms with Crippen LogP contribution in [0.3, 0.4) is 0 Å². The summed E-state index contributed by atoms with van der Waals surface area (Å²) < 4.78 is 7.00. The van der Waals surface area contributed by atoms with E-state index >= 15 is 0 Å². The maximum Gasteiger partial charge on any atom is 0.143 e. The molecule has 1 aromatic heterocycles. The Bertz CT molecular complexity index is 3450. The number of rotatable bonds is 6. The van der Waals surface area contributed by atoms with Gasteiger partial charge in [-0.3, -0.25) is 0 Å². The molecule has 0 saturated carbocycles. The molecule has 2 nitrogen and oxygen atoms in total. The zero-order chi connectivity index (χ0) is 40.7. The molecular formula is C59H41NO. The van der Waals surface area contributed by atoms with Crippen LogP contribution in [0.1, 0.15) is 25.0 Å². The molecule has 0 spiro atoms. The van der Waals surface area contributed by atoms with Crippen LogP contribution >= 0.6 is 0 Å². The van der Waals surface area contributed by atoms with Crippen LogP contribution in [-0.4, -0.2) is 0 Å². The molecule has 0 radical (unpaired) electrons. The highest BCUT2D eigenvalue weighted by Gasteiger charge is 2.36. The smallest absolute Gasteiger partial charge is 0.143 e. The van der Waals surface area contributed by atoms with Gasteiger partial charge in [0.15, 0.2) is 0 Å². The summed E-state index contributed by atoms with van der Waals surface area (Å²) in [7, 11) is 0. The number of hydrogen-bond donors (Lipinski definition) is 0. The number of fused-ring (bicyclic) bond motifs is 9. The van der Waals surface area contributed by atoms with Crippen molar-refractivity contribution in [3.8, 4) is 44.5 Å². The number of benzene rings is 10. The van der Waals surface area contributed by atoms with Crippen molar-refractivity contribution < 1.29 is 4.42 Å². The zero-order valence-corrected chi connectivity index (χ0v) is 34.1. The topological polar surface area (TPSA) is 16.4 Å². The standard InChI is InChI=1S/C59H41NO/c1-59(2)53-25-14-13-23-48(53)49-31-30-45(36-54(49)59)60(46-34-43(38-16-5-3-6-17-38)33-44(35-46)39-18-7-4-8-19-39)55-26-15-27-56-57(55)52-37-51(47-22-11-12-24-50(47)58(52)61-56)42-29-28-40-20-9-10-21-41(40)32-42/h3-37H,1-2H3. The lowest BCUT2D eigenvalue weighted by molar-refractivity contribution is 0.660. The average Bonchev–Trinajstić information content (AvgIpc) is 3.81. The Labute approximate surface area is 355 Å². The van der Waals surface area contributed by atoms with Crippen molar-refractivity contribution in [3.63, 3.8) is 0 Å². The summed E-state index contributed by atoms with van der Waals surface area (Å²) in [4.78, 5) is 2.47. The molecule has 12 rings (SSSR count). The molecule has 1 aliphatic carbocycles. The van der Waals surface area contributed by atoms with Crippen molar-refractivity contribution in [2.45, 2.75) is 19.3 Å². The number of anilines is 3. The molecule has 0 fully saturated rings. The molecular weight excluding hydrogens is 739 g/mol. The van der Waals surface area contributed by atoms with Gasteiger partial charge in [-0.25, -0.2) is 0 Å². The SMILES string of the molecule is CC1(C)c2ccccc2-c2ccc(N(c3cc(-c4ccccc4)cc(-c4ccccc4)c3)c3cccc4oc5c6ccccc6c(-c6ccc7ccccc7c6)cc5c34)cc21. The molecule has 0 unspecified atom stereocenters. The molecule has 2 heteroatoms. The molecule has 288 valence electrons. The fourth-order valence-corrected chi connectivity index (χ4v) is 10.0. The van der Waals surface area contributed by atoms with Crippen molar-refractivity contribution >= 4 is 60.5 Å². The van der Waals surface area contributed by atoms with E-state index in [-0.39, 0.29) is 5.41 Å². The first-order valence-electron chi connectivity index (χ1n) is 21.2. The van der Waals surface area contributed by atoms with Gasteiger partial charge in [0.05, 0.1) is 11.1 Å². The molecule has 10 aromatic carbocycles. The highest BCUT2D eigenvalue weighted by molar-refractivity contribution is 6.22. The summed E-state index contributed by atoms with van der Waals surface area (Å²) in [5.74, 6) is 0. The number of hydrogen-bond acceptors (Lipinski definition) is 2. The normalized spacial score (nSPS) is 12.9. The molecule has 1 heterocycles. The van der Waals surface area contributed by atoms with E-state index in [1.165, 1.54) is 60.7 Å². The summed E-state index contributed by atoms with van der Waals surface area (Å²) in [6, 6.07) is 77.5. The van der Waals surface area contributed by atoms with Crippen LogP contribution in [-0.2, 0) is 5.41 Å². The van der Waals surface area contributed by atoms with E-state index in [1.54, 1.807) is 0 Å². The van der Waals surface area contributed by atoms with Crippen LogP contribution in [0.5, 0.6) is 0 Å². The van der Waals surface area contributed by atoms with Gasteiger partial charge in [0.2, 0.25) is 0 Å². The van der Waals surface area contributed by atoms with Crippen LogP contribution in [0.4, 0.5) is 17.1 Å². The predicted octanol–water partition coefficient (Wildman–Crippen LogP) is 16.7. The Morgan fingerprint density at radius 2 is 1.03 bits per heavy atom. The molecule has 0 amide bonds. The average molecular weight is 780 g/mol. The van der Waals surface area contributed by atoms with Gasteiger partial charge in [-0.05, 0) is 126 Å². The van der Waals surface area contributed by atoms with Crippen molar-refractivity contribution in [1.29, 1.82) is 0 Å². The Morgan fingerprint density at radius 1 is 0.377 bits per heavy atom. The van der Waals surface area contributed by atoms with Crippen LogP contribution in [0.15, 0.2) is 217 Å². The molecule has 0 N–H and O–H groups in total. The third kappa shape index (κ3) is 5.64. The van der Waals surface area contributed by atoms with Gasteiger partial charge in [-0.1, -0.05) is 172 Å². The van der Waals surface area contributed by atoms with Gasteiger partial charge < -0.3 is 9.32 Å². The molecule has 1 aliphatic rings. The van der Waals surface area contributed by atoms with Gasteiger partial charge in [0.1, 0.15) is 11.2 Å². The molecule has 11 aromatic rings. The second-order valence-electron chi connectivity index (χ2n) is 16.9. The van der Waals surface area contributed by atoms with E-state index in [0.717, 1.165) is 55.5 Å². The Balaban J connectivity index is 1.16. The first-order chi connectivity index (χ1) is 30.0. The van der Waals surface area contributed by atoms with E-state index in [0.29, 0.717) is 0 Å². The second kappa shape index (κ2) is 13.7. The third-order valence-corrected chi connectivity index (χ3v) is 13.0. The summed E-state index contributed by atoms with van der Waals surface area (Å²) >= 11 is 0. The summed E-state index contributed by atoms with van der Waals surface area (Å²) in [6.07, 6.45) is 0. The Morgan fingerprint density at radius 3 is 1.80 bits per heavy atom. The highest BCUT2D eigenvalue weighted by atomic mass is 16.3. The quantitative estimate of drug-likeness (QED) is 0.167. The van der Waals surface area contributed by atoms with Gasteiger partial charge in [-0.2, -0.15) is 0 Å². The van der Waals surface area contributed by atoms with E-state index in [1.807, 2.05) is 0 Å². The second-order valence-corrected chi connectivity index (χ2v) is 16.9. The lowest BCUT2D eigenvalue weighted by Gasteiger charge is -2.29. The van der Waals surface area contributed by atoms with Gasteiger partial charge in [0, 0.05) is 27.6 Å². The highest BCUT2D eigenvalue weighted by Crippen LogP contribution is 2.52. The minimum absolute atomic E-state index is 0.170. The van der Waals surface area contributed by atoms with Gasteiger partial charge >= 0.3 is 0 Å². The van der Waals surface area contributed by atoms with E-state index in [9.17, 15) is 0 Å². The van der Waals surface area contributed by atoms with Crippen LogP contribution in [0.2, 0.25) is 0 Å². The third-order valence-electron chi connectivity index (χ3n) is 13.0. The lowest BCUT2D eigenvalue weighted by atomic mass is 9.82. The Kier molecular flexibility index (Phi) is 7.92. The molecule has 0 aliphatic heterocycles. The molecule has 0 saturated heterocycles. The minimum Gasteiger partial charge on any atom is -0.455 e. The van der Waals surface area contributed by atoms with Crippen LogP contribution < -0.4 is 4.90 Å². The number of nitrogens with zero attached hydrogens (tertiary/aromatic N) is 1. The van der Waals surface area contributed by atoms with Crippen LogP contribution in [0, 0.1) is 0 Å². The first kappa shape index (κ1) is 35.3. The van der Waals surface area contributed by atoms with Crippen LogP contribution in [0.25, 0.3) is 88.0 Å². The molecule has 61 heavy (non-hydrogen) atoms. The van der Waals surface area contributed by atoms with Crippen molar-refractivity contribution in [2.75, 3.05) is 4.90 Å². The summed E-state index contributed by atoms with van der Waals surface area (Å²) in [5.41, 5.74) is 17.2. The minimum atomic E-state index is -0.170. The Hall–Kier alpha value is -7.68. The van der Waals surface area contributed by atoms with E-state index in [2.05, 4.69) is 231 Å². The largest absolute Gasteiger partial charge is 0.455 e. The first-order valence-corrected chi connectivity index (χ1v) is 21.2. The summed E-state index contributed by atoms with van der Waals surface area (Å²) in [6.45, 7) is 4.72.